The molecule has 32 heavy (non-hydrogen) atoms. The Balaban J connectivity index is 2.14. The first-order valence-corrected chi connectivity index (χ1v) is 10.5. The maximum Gasteiger partial charge on any atom is 0.303 e. The highest BCUT2D eigenvalue weighted by molar-refractivity contribution is 6.00. The molecule has 0 spiro atoms. The van der Waals surface area contributed by atoms with Gasteiger partial charge in [-0.1, -0.05) is 13.8 Å². The summed E-state index contributed by atoms with van der Waals surface area (Å²) in [6.07, 6.45) is 3.65. The molecule has 0 bridgehead atoms. The van der Waals surface area contributed by atoms with Gasteiger partial charge in [0.2, 0.25) is 23.6 Å². The molecule has 1 saturated heterocycles. The first-order chi connectivity index (χ1) is 15.1. The molecule has 1 fully saturated rings. The number of imide groups is 1. The molecule has 2 rings (SSSR count). The van der Waals surface area contributed by atoms with Gasteiger partial charge in [0.05, 0.1) is 18.1 Å². The fraction of sp³-hybridized carbons (Fsp3) is 0.600. The van der Waals surface area contributed by atoms with Crippen molar-refractivity contribution in [2.45, 2.75) is 64.1 Å². The van der Waals surface area contributed by atoms with Crippen LogP contribution in [0.1, 0.15) is 45.2 Å². The van der Waals surface area contributed by atoms with E-state index in [-0.39, 0.29) is 25.2 Å². The highest BCUT2D eigenvalue weighted by Gasteiger charge is 2.38. The second-order valence-electron chi connectivity index (χ2n) is 8.06. The Morgan fingerprint density at radius 3 is 2.59 bits per heavy atom. The summed E-state index contributed by atoms with van der Waals surface area (Å²) in [4.78, 5) is 69.2. The maximum absolute atomic E-state index is 13.3. The SMILES string of the molecule is CC(C)C(=O)NC(=O)[C@@H]1CCCN1C(=O)[C@H](Cc1c[nH]cn1)NC(=O)[C@@H](N)CCC(=O)O. The molecule has 0 aliphatic carbocycles. The van der Waals surface area contributed by atoms with Crippen LogP contribution in [-0.4, -0.2) is 74.2 Å². The second-order valence-corrected chi connectivity index (χ2v) is 8.06. The van der Waals surface area contributed by atoms with Gasteiger partial charge in [-0.05, 0) is 19.3 Å². The van der Waals surface area contributed by atoms with E-state index in [2.05, 4.69) is 20.6 Å². The number of aromatic nitrogens is 2. The molecule has 1 aromatic heterocycles. The van der Waals surface area contributed by atoms with E-state index < -0.39 is 47.7 Å². The van der Waals surface area contributed by atoms with Crippen molar-refractivity contribution in [2.24, 2.45) is 11.7 Å². The minimum absolute atomic E-state index is 0.0511. The fourth-order valence-electron chi connectivity index (χ4n) is 3.35. The number of carboxylic acid groups (broad SMARTS) is 1. The number of carbonyl (C=O) groups is 5. The van der Waals surface area contributed by atoms with Crippen LogP contribution in [0.5, 0.6) is 0 Å². The molecule has 6 N–H and O–H groups in total. The van der Waals surface area contributed by atoms with E-state index in [0.717, 1.165) is 0 Å². The molecule has 0 radical (unpaired) electrons. The predicted octanol–water partition coefficient (Wildman–Crippen LogP) is -1.08. The lowest BCUT2D eigenvalue weighted by Crippen LogP contribution is -2.56. The number of carbonyl (C=O) groups excluding carboxylic acids is 4. The number of nitrogens with zero attached hydrogens (tertiary/aromatic N) is 2. The lowest BCUT2D eigenvalue weighted by Gasteiger charge is -2.29. The molecule has 0 aromatic carbocycles. The standard InChI is InChI=1S/C20H30N6O6/c1-11(2)17(29)25-19(31)15-4-3-7-26(15)20(32)14(8-12-9-22-10-23-12)24-18(30)13(21)5-6-16(27)28/h9-11,13-15H,3-8,21H2,1-2H3,(H,22,23)(H,24,30)(H,27,28)(H,25,29,31)/t13-,14-,15-/m0/s1. The number of imidazole rings is 1. The summed E-state index contributed by atoms with van der Waals surface area (Å²) in [5.41, 5.74) is 6.29. The summed E-state index contributed by atoms with van der Waals surface area (Å²) in [5, 5.41) is 13.7. The van der Waals surface area contributed by atoms with Crippen LogP contribution in [0.4, 0.5) is 0 Å². The van der Waals surface area contributed by atoms with Crippen molar-refractivity contribution in [3.05, 3.63) is 18.2 Å². The average molecular weight is 450 g/mol. The Morgan fingerprint density at radius 1 is 1.28 bits per heavy atom. The number of nitrogens with one attached hydrogen (secondary N) is 3. The number of rotatable bonds is 10. The first-order valence-electron chi connectivity index (χ1n) is 10.5. The third-order valence-electron chi connectivity index (χ3n) is 5.20. The zero-order valence-corrected chi connectivity index (χ0v) is 18.2. The lowest BCUT2D eigenvalue weighted by atomic mass is 10.1. The smallest absolute Gasteiger partial charge is 0.303 e. The van der Waals surface area contributed by atoms with E-state index in [1.165, 1.54) is 11.2 Å². The van der Waals surface area contributed by atoms with Gasteiger partial charge in [0, 0.05) is 31.5 Å². The molecule has 1 aliphatic heterocycles. The molecule has 12 nitrogen and oxygen atoms in total. The minimum atomic E-state index is -1.11. The quantitative estimate of drug-likeness (QED) is 0.297. The van der Waals surface area contributed by atoms with E-state index >= 15 is 0 Å². The van der Waals surface area contributed by atoms with E-state index in [0.29, 0.717) is 25.1 Å². The van der Waals surface area contributed by atoms with E-state index in [1.54, 1.807) is 20.0 Å². The number of H-pyrrole nitrogens is 1. The number of hydrogen-bond acceptors (Lipinski definition) is 7. The van der Waals surface area contributed by atoms with Gasteiger partial charge in [0.1, 0.15) is 12.1 Å². The third-order valence-corrected chi connectivity index (χ3v) is 5.20. The van der Waals surface area contributed by atoms with Gasteiger partial charge in [-0.15, -0.1) is 0 Å². The molecule has 176 valence electrons. The summed E-state index contributed by atoms with van der Waals surface area (Å²) in [5.74, 6) is -3.63. The highest BCUT2D eigenvalue weighted by atomic mass is 16.4. The summed E-state index contributed by atoms with van der Waals surface area (Å²) in [6, 6.07) is -3.00. The zero-order chi connectivity index (χ0) is 23.8. The lowest BCUT2D eigenvalue weighted by molar-refractivity contribution is -0.143. The Kier molecular flexibility index (Phi) is 8.88. The van der Waals surface area contributed by atoms with E-state index in [4.69, 9.17) is 10.8 Å². The van der Waals surface area contributed by atoms with Crippen LogP contribution in [0.15, 0.2) is 12.5 Å². The normalized spacial score (nSPS) is 17.6. The van der Waals surface area contributed by atoms with Crippen molar-refractivity contribution in [3.63, 3.8) is 0 Å². The van der Waals surface area contributed by atoms with Crippen LogP contribution >= 0.6 is 0 Å². The number of hydrogen-bond donors (Lipinski definition) is 5. The number of carboxylic acids is 1. The number of aliphatic carboxylic acids is 1. The van der Waals surface area contributed by atoms with Gasteiger partial charge in [0.15, 0.2) is 0 Å². The summed E-state index contributed by atoms with van der Waals surface area (Å²) < 4.78 is 0. The molecular formula is C20H30N6O6. The minimum Gasteiger partial charge on any atom is -0.481 e. The molecule has 0 saturated carbocycles. The van der Waals surface area contributed by atoms with Crippen molar-refractivity contribution < 1.29 is 29.1 Å². The monoisotopic (exact) mass is 450 g/mol. The molecule has 12 heteroatoms. The second kappa shape index (κ2) is 11.4. The van der Waals surface area contributed by atoms with Crippen LogP contribution < -0.4 is 16.4 Å². The summed E-state index contributed by atoms with van der Waals surface area (Å²) in [7, 11) is 0. The van der Waals surface area contributed by atoms with Crippen molar-refractivity contribution in [2.75, 3.05) is 6.54 Å². The van der Waals surface area contributed by atoms with Gasteiger partial charge in [-0.25, -0.2) is 4.98 Å². The third kappa shape index (κ3) is 6.87. The Bertz CT molecular complexity index is 840. The zero-order valence-electron chi connectivity index (χ0n) is 18.2. The molecule has 4 amide bonds. The molecule has 1 aromatic rings. The molecule has 2 heterocycles. The number of amides is 4. The van der Waals surface area contributed by atoms with Crippen molar-refractivity contribution in [1.29, 1.82) is 0 Å². The van der Waals surface area contributed by atoms with E-state index in [1.807, 2.05) is 0 Å². The van der Waals surface area contributed by atoms with Crippen LogP contribution in [0, 0.1) is 5.92 Å². The molecule has 3 atom stereocenters. The largest absolute Gasteiger partial charge is 0.481 e. The van der Waals surface area contributed by atoms with Gasteiger partial charge >= 0.3 is 5.97 Å². The molecule has 0 unspecified atom stereocenters. The topological polar surface area (TPSA) is 188 Å². The van der Waals surface area contributed by atoms with Crippen molar-refractivity contribution in [1.82, 2.24) is 25.5 Å². The highest BCUT2D eigenvalue weighted by Crippen LogP contribution is 2.20. The number of likely N-dealkylation sites (tertiary alicyclic amines) is 1. The van der Waals surface area contributed by atoms with Crippen LogP contribution in [0.3, 0.4) is 0 Å². The fourth-order valence-corrected chi connectivity index (χ4v) is 3.35. The van der Waals surface area contributed by atoms with Crippen LogP contribution in [0.2, 0.25) is 0 Å². The van der Waals surface area contributed by atoms with E-state index in [9.17, 15) is 24.0 Å². The van der Waals surface area contributed by atoms with Crippen LogP contribution in [0.25, 0.3) is 0 Å². The van der Waals surface area contributed by atoms with Gasteiger partial charge in [-0.3, -0.25) is 29.3 Å². The maximum atomic E-state index is 13.3. The predicted molar refractivity (Wildman–Crippen MR) is 112 cm³/mol. The molecule has 1 aliphatic rings. The van der Waals surface area contributed by atoms with Crippen molar-refractivity contribution in [3.8, 4) is 0 Å². The van der Waals surface area contributed by atoms with Crippen molar-refractivity contribution >= 4 is 29.6 Å². The summed E-state index contributed by atoms with van der Waals surface area (Å²) in [6.45, 7) is 3.61. The Labute approximate surface area is 185 Å². The van der Waals surface area contributed by atoms with Gasteiger partial charge in [-0.2, -0.15) is 0 Å². The number of nitrogens with two attached hydrogens (primary N) is 1. The Hall–Kier alpha value is -3.28. The summed E-state index contributed by atoms with van der Waals surface area (Å²) >= 11 is 0. The van der Waals surface area contributed by atoms with Gasteiger partial charge in [0.25, 0.3) is 0 Å². The first kappa shape index (κ1) is 25.0. The Morgan fingerprint density at radius 2 is 2.00 bits per heavy atom. The molecular weight excluding hydrogens is 420 g/mol. The van der Waals surface area contributed by atoms with Gasteiger partial charge < -0.3 is 26.0 Å². The van der Waals surface area contributed by atoms with Crippen LogP contribution in [-0.2, 0) is 30.4 Å². The average Bonchev–Trinajstić information content (AvgIpc) is 3.42. The number of aromatic amines is 1.